The second-order valence-corrected chi connectivity index (χ2v) is 9.41. The number of carbonyl (C=O) groups is 1. The molecule has 2 aromatic carbocycles. The summed E-state index contributed by atoms with van der Waals surface area (Å²) in [6.45, 7) is 5.64. The van der Waals surface area contributed by atoms with E-state index in [9.17, 15) is 19.4 Å². The Labute approximate surface area is 161 Å². The van der Waals surface area contributed by atoms with Crippen LogP contribution < -0.4 is 10.4 Å². The van der Waals surface area contributed by atoms with Gasteiger partial charge in [-0.15, -0.1) is 11.3 Å². The third-order valence-corrected chi connectivity index (χ3v) is 7.08. The maximum absolute atomic E-state index is 12.9. The van der Waals surface area contributed by atoms with Gasteiger partial charge in [0.1, 0.15) is 4.88 Å². The number of carboxylic acid groups (broad SMARTS) is 1. The van der Waals surface area contributed by atoms with E-state index in [4.69, 9.17) is 0 Å². The van der Waals surface area contributed by atoms with Crippen molar-refractivity contribution in [1.29, 1.82) is 0 Å². The van der Waals surface area contributed by atoms with Gasteiger partial charge in [0.15, 0.2) is 0 Å². The lowest BCUT2D eigenvalue weighted by molar-refractivity contribution is 0.0703. The fourth-order valence-electron chi connectivity index (χ4n) is 2.86. The quantitative estimate of drug-likeness (QED) is 0.526. The number of anilines is 1. The van der Waals surface area contributed by atoms with Crippen LogP contribution in [0.15, 0.2) is 48.5 Å². The molecule has 0 bridgehead atoms. The fraction of sp³-hybridized carbons (Fsp3) is 0.150. The summed E-state index contributed by atoms with van der Waals surface area (Å²) in [6.07, 6.45) is 0. The number of thiophene rings is 1. The summed E-state index contributed by atoms with van der Waals surface area (Å²) in [5.74, 6) is -1.14. The van der Waals surface area contributed by atoms with Gasteiger partial charge in [0.05, 0.1) is 11.0 Å². The van der Waals surface area contributed by atoms with Crippen LogP contribution in [0.5, 0.6) is 0 Å². The SMILES string of the molecule is Cc1ccc(-c2cc(NP(=O)(O)c3ccc(C)cc3C)c(C(=O)O)s2)cc1. The summed E-state index contributed by atoms with van der Waals surface area (Å²) in [7, 11) is -3.98. The minimum atomic E-state index is -3.98. The highest BCUT2D eigenvalue weighted by atomic mass is 32.1. The van der Waals surface area contributed by atoms with Crippen molar-refractivity contribution in [2.45, 2.75) is 20.8 Å². The Morgan fingerprint density at radius 3 is 2.22 bits per heavy atom. The van der Waals surface area contributed by atoms with Crippen molar-refractivity contribution in [3.8, 4) is 10.4 Å². The van der Waals surface area contributed by atoms with Gasteiger partial charge >= 0.3 is 13.5 Å². The molecule has 1 unspecified atom stereocenters. The average Bonchev–Trinajstić information content (AvgIpc) is 2.98. The molecule has 27 heavy (non-hydrogen) atoms. The minimum absolute atomic E-state index is 0.00427. The minimum Gasteiger partial charge on any atom is -0.477 e. The predicted octanol–water partition coefficient (Wildman–Crippen LogP) is 4.96. The number of aromatic carboxylic acids is 1. The van der Waals surface area contributed by atoms with Crippen LogP contribution in [0.4, 0.5) is 5.69 Å². The standard InChI is InChI=1S/C20H20NO4PS/c1-12-4-7-15(8-5-12)18-11-16(19(27-18)20(22)23)21-26(24,25)17-9-6-13(2)10-14(17)3/h4-11H,1-3H3,(H,22,23)(H2,21,24,25). The van der Waals surface area contributed by atoms with Crippen LogP contribution >= 0.6 is 18.9 Å². The number of hydrogen-bond acceptors (Lipinski definition) is 3. The molecule has 0 fully saturated rings. The summed E-state index contributed by atoms with van der Waals surface area (Å²) in [5.41, 5.74) is 3.77. The van der Waals surface area contributed by atoms with Gasteiger partial charge in [0.25, 0.3) is 0 Å². The summed E-state index contributed by atoms with van der Waals surface area (Å²) < 4.78 is 12.9. The van der Waals surface area contributed by atoms with Crippen molar-refractivity contribution < 1.29 is 19.4 Å². The second-order valence-electron chi connectivity index (χ2n) is 6.50. The normalized spacial score (nSPS) is 13.2. The van der Waals surface area contributed by atoms with Crippen molar-refractivity contribution in [3.05, 3.63) is 70.1 Å². The van der Waals surface area contributed by atoms with E-state index in [0.29, 0.717) is 5.56 Å². The van der Waals surface area contributed by atoms with Gasteiger partial charge in [-0.2, -0.15) is 0 Å². The lowest BCUT2D eigenvalue weighted by Crippen LogP contribution is -2.15. The molecular formula is C20H20NO4PS. The first-order chi connectivity index (χ1) is 12.7. The molecule has 0 radical (unpaired) electrons. The molecule has 0 aliphatic carbocycles. The summed E-state index contributed by atoms with van der Waals surface area (Å²) in [4.78, 5) is 23.0. The van der Waals surface area contributed by atoms with Gasteiger partial charge in [-0.25, -0.2) is 4.79 Å². The maximum atomic E-state index is 12.9. The van der Waals surface area contributed by atoms with Crippen LogP contribution in [0.25, 0.3) is 10.4 Å². The summed E-state index contributed by atoms with van der Waals surface area (Å²) in [5, 5.41) is 12.4. The van der Waals surface area contributed by atoms with Crippen LogP contribution in [-0.2, 0) is 4.57 Å². The molecule has 0 saturated carbocycles. The Morgan fingerprint density at radius 1 is 1.00 bits per heavy atom. The predicted molar refractivity (Wildman–Crippen MR) is 110 cm³/mol. The highest BCUT2D eigenvalue weighted by Gasteiger charge is 2.27. The molecule has 3 N–H and O–H groups in total. The monoisotopic (exact) mass is 401 g/mol. The molecule has 7 heteroatoms. The molecule has 1 heterocycles. The number of nitrogens with one attached hydrogen (secondary N) is 1. The third kappa shape index (κ3) is 4.14. The summed E-state index contributed by atoms with van der Waals surface area (Å²) >= 11 is 1.07. The fourth-order valence-corrected chi connectivity index (χ4v) is 5.34. The van der Waals surface area contributed by atoms with Gasteiger partial charge in [-0.1, -0.05) is 47.5 Å². The molecule has 0 amide bonds. The first-order valence-corrected chi connectivity index (χ1v) is 10.8. The molecule has 1 aromatic heterocycles. The van der Waals surface area contributed by atoms with Gasteiger partial charge in [-0.3, -0.25) is 4.57 Å². The van der Waals surface area contributed by atoms with E-state index in [1.807, 2.05) is 44.2 Å². The van der Waals surface area contributed by atoms with E-state index >= 15 is 0 Å². The van der Waals surface area contributed by atoms with E-state index in [2.05, 4.69) is 5.09 Å². The van der Waals surface area contributed by atoms with Gasteiger partial charge in [0, 0.05) is 4.88 Å². The van der Waals surface area contributed by atoms with Gasteiger partial charge < -0.3 is 15.1 Å². The van der Waals surface area contributed by atoms with E-state index in [1.54, 1.807) is 25.1 Å². The lowest BCUT2D eigenvalue weighted by Gasteiger charge is -2.16. The molecule has 0 spiro atoms. The van der Waals surface area contributed by atoms with E-state index in [0.717, 1.165) is 32.9 Å². The topological polar surface area (TPSA) is 86.6 Å². The highest BCUT2D eigenvalue weighted by Crippen LogP contribution is 2.45. The zero-order valence-corrected chi connectivity index (χ0v) is 16.9. The third-order valence-electron chi connectivity index (χ3n) is 4.21. The summed E-state index contributed by atoms with van der Waals surface area (Å²) in [6, 6.07) is 14.5. The van der Waals surface area contributed by atoms with Gasteiger partial charge in [-0.05, 0) is 44.0 Å². The lowest BCUT2D eigenvalue weighted by atomic mass is 10.1. The number of hydrogen-bond donors (Lipinski definition) is 3. The van der Waals surface area contributed by atoms with Crippen LogP contribution in [-0.4, -0.2) is 16.0 Å². The highest BCUT2D eigenvalue weighted by molar-refractivity contribution is 7.67. The number of benzene rings is 2. The molecule has 3 rings (SSSR count). The van der Waals surface area contributed by atoms with Gasteiger partial charge in [0.2, 0.25) is 0 Å². The Balaban J connectivity index is 2.01. The average molecular weight is 401 g/mol. The molecule has 0 aliphatic rings. The number of rotatable bonds is 5. The first kappa shape index (κ1) is 19.4. The number of carboxylic acids is 1. The van der Waals surface area contributed by atoms with Crippen molar-refractivity contribution in [2.24, 2.45) is 0 Å². The Hall–Kier alpha value is -2.40. The van der Waals surface area contributed by atoms with E-state index in [1.165, 1.54) is 0 Å². The second kappa shape index (κ2) is 7.31. The van der Waals surface area contributed by atoms with Crippen LogP contribution in [0, 0.1) is 20.8 Å². The largest absolute Gasteiger partial charge is 0.477 e. The molecular weight excluding hydrogens is 381 g/mol. The smallest absolute Gasteiger partial charge is 0.348 e. The van der Waals surface area contributed by atoms with Crippen LogP contribution in [0.1, 0.15) is 26.4 Å². The molecule has 140 valence electrons. The molecule has 0 aliphatic heterocycles. The number of aryl methyl sites for hydroxylation is 3. The van der Waals surface area contributed by atoms with Crippen LogP contribution in [0.2, 0.25) is 0 Å². The zero-order chi connectivity index (χ0) is 19.8. The van der Waals surface area contributed by atoms with Crippen LogP contribution in [0.3, 0.4) is 0 Å². The Morgan fingerprint density at radius 2 is 1.63 bits per heavy atom. The zero-order valence-electron chi connectivity index (χ0n) is 15.2. The molecule has 0 saturated heterocycles. The first-order valence-electron chi connectivity index (χ1n) is 8.30. The molecule has 5 nitrogen and oxygen atoms in total. The van der Waals surface area contributed by atoms with E-state index in [-0.39, 0.29) is 15.9 Å². The van der Waals surface area contributed by atoms with Crippen molar-refractivity contribution in [3.63, 3.8) is 0 Å². The Bertz CT molecular complexity index is 1060. The van der Waals surface area contributed by atoms with Crippen molar-refractivity contribution in [2.75, 3.05) is 5.09 Å². The molecule has 3 aromatic rings. The van der Waals surface area contributed by atoms with Crippen molar-refractivity contribution >= 4 is 35.8 Å². The molecule has 1 atom stereocenters. The Kier molecular flexibility index (Phi) is 5.24. The van der Waals surface area contributed by atoms with Crippen molar-refractivity contribution in [1.82, 2.24) is 0 Å². The van der Waals surface area contributed by atoms with E-state index < -0.39 is 13.5 Å². The maximum Gasteiger partial charge on any atom is 0.348 e.